The number of hydrogen-bond donors (Lipinski definition) is 1. The number of para-hydroxylation sites is 1. The summed E-state index contributed by atoms with van der Waals surface area (Å²) in [5, 5.41) is 3.91. The van der Waals surface area contributed by atoms with Crippen LogP contribution in [0.2, 0.25) is 0 Å². The summed E-state index contributed by atoms with van der Waals surface area (Å²) < 4.78 is 10.3. The molecule has 5 nitrogen and oxygen atoms in total. The standard InChI is InChI=1S/C18H18N2O3/c1-22-16-10-7-14(8-11-16)9-12-18(21)20-19-13-15-5-3-4-6-17(15)23-2/h3-13H,1-2H3,(H,20,21)/b12-9+,19-13-. The van der Waals surface area contributed by atoms with E-state index in [4.69, 9.17) is 9.47 Å². The van der Waals surface area contributed by atoms with Crippen molar-refractivity contribution in [3.63, 3.8) is 0 Å². The fraction of sp³-hybridized carbons (Fsp3) is 0.111. The number of hydrazone groups is 1. The SMILES string of the molecule is COc1ccc(/C=C/C(=O)N/N=C\c2ccccc2OC)cc1. The molecule has 0 aromatic heterocycles. The van der Waals surface area contributed by atoms with E-state index in [0.717, 1.165) is 16.9 Å². The Bertz CT molecular complexity index is 706. The second-order valence-corrected chi connectivity index (χ2v) is 4.58. The van der Waals surface area contributed by atoms with E-state index in [1.165, 1.54) is 12.3 Å². The van der Waals surface area contributed by atoms with Crippen LogP contribution in [0.4, 0.5) is 0 Å². The first-order chi connectivity index (χ1) is 11.2. The van der Waals surface area contributed by atoms with E-state index in [1.54, 1.807) is 20.3 Å². The van der Waals surface area contributed by atoms with E-state index < -0.39 is 0 Å². The van der Waals surface area contributed by atoms with Crippen molar-refractivity contribution in [3.8, 4) is 11.5 Å². The monoisotopic (exact) mass is 310 g/mol. The largest absolute Gasteiger partial charge is 0.497 e. The average Bonchev–Trinajstić information content (AvgIpc) is 2.61. The lowest BCUT2D eigenvalue weighted by atomic mass is 10.2. The number of ether oxygens (including phenoxy) is 2. The van der Waals surface area contributed by atoms with E-state index in [1.807, 2.05) is 48.5 Å². The molecular formula is C18H18N2O3. The summed E-state index contributed by atoms with van der Waals surface area (Å²) in [6.07, 6.45) is 4.66. The van der Waals surface area contributed by atoms with Crippen molar-refractivity contribution in [2.45, 2.75) is 0 Å². The maximum absolute atomic E-state index is 11.7. The molecule has 2 aromatic carbocycles. The van der Waals surface area contributed by atoms with Crippen molar-refractivity contribution < 1.29 is 14.3 Å². The molecule has 0 aliphatic rings. The maximum atomic E-state index is 11.7. The highest BCUT2D eigenvalue weighted by Crippen LogP contribution is 2.14. The van der Waals surface area contributed by atoms with Gasteiger partial charge in [-0.1, -0.05) is 24.3 Å². The molecule has 0 radical (unpaired) electrons. The van der Waals surface area contributed by atoms with Crippen molar-refractivity contribution in [2.75, 3.05) is 14.2 Å². The van der Waals surface area contributed by atoms with Gasteiger partial charge in [-0.25, -0.2) is 5.43 Å². The van der Waals surface area contributed by atoms with Crippen molar-refractivity contribution in [2.24, 2.45) is 5.10 Å². The Hall–Kier alpha value is -3.08. The fourth-order valence-electron chi connectivity index (χ4n) is 1.86. The van der Waals surface area contributed by atoms with Gasteiger partial charge in [0.25, 0.3) is 5.91 Å². The molecule has 2 aromatic rings. The third kappa shape index (κ3) is 5.00. The van der Waals surface area contributed by atoms with Gasteiger partial charge in [0.05, 0.1) is 20.4 Å². The van der Waals surface area contributed by atoms with E-state index in [-0.39, 0.29) is 5.91 Å². The quantitative estimate of drug-likeness (QED) is 0.507. The average molecular weight is 310 g/mol. The molecule has 5 heteroatoms. The number of carbonyl (C=O) groups excluding carboxylic acids is 1. The van der Waals surface area contributed by atoms with Crippen LogP contribution in [0.3, 0.4) is 0 Å². The zero-order chi connectivity index (χ0) is 16.5. The molecule has 2 rings (SSSR count). The predicted octanol–water partition coefficient (Wildman–Crippen LogP) is 2.87. The summed E-state index contributed by atoms with van der Waals surface area (Å²) in [5.41, 5.74) is 4.12. The molecule has 0 aliphatic carbocycles. The lowest BCUT2D eigenvalue weighted by Crippen LogP contribution is -2.14. The Morgan fingerprint density at radius 1 is 1.04 bits per heavy atom. The van der Waals surface area contributed by atoms with E-state index >= 15 is 0 Å². The molecule has 0 bridgehead atoms. The molecule has 1 amide bonds. The molecule has 23 heavy (non-hydrogen) atoms. The first kappa shape index (κ1) is 16.3. The first-order valence-electron chi connectivity index (χ1n) is 7.01. The molecule has 118 valence electrons. The molecule has 1 N–H and O–H groups in total. The Morgan fingerprint density at radius 3 is 2.48 bits per heavy atom. The maximum Gasteiger partial charge on any atom is 0.264 e. The van der Waals surface area contributed by atoms with Crippen molar-refractivity contribution in [1.29, 1.82) is 0 Å². The van der Waals surface area contributed by atoms with Gasteiger partial charge >= 0.3 is 0 Å². The highest BCUT2D eigenvalue weighted by Gasteiger charge is 1.98. The Morgan fingerprint density at radius 2 is 1.78 bits per heavy atom. The lowest BCUT2D eigenvalue weighted by molar-refractivity contribution is -0.116. The van der Waals surface area contributed by atoms with E-state index in [0.29, 0.717) is 5.75 Å². The van der Waals surface area contributed by atoms with Gasteiger partial charge in [0.2, 0.25) is 0 Å². The molecule has 0 heterocycles. The number of nitrogens with zero attached hydrogens (tertiary/aromatic N) is 1. The van der Waals surface area contributed by atoms with Gasteiger partial charge in [0, 0.05) is 11.6 Å². The van der Waals surface area contributed by atoms with Gasteiger partial charge in [-0.2, -0.15) is 5.10 Å². The minimum atomic E-state index is -0.313. The number of benzene rings is 2. The molecule has 0 atom stereocenters. The summed E-state index contributed by atoms with van der Waals surface area (Å²) in [6.45, 7) is 0. The number of carbonyl (C=O) groups is 1. The predicted molar refractivity (Wildman–Crippen MR) is 90.8 cm³/mol. The summed E-state index contributed by atoms with van der Waals surface area (Å²) >= 11 is 0. The summed E-state index contributed by atoms with van der Waals surface area (Å²) in [4.78, 5) is 11.7. The van der Waals surface area contributed by atoms with Gasteiger partial charge in [0.1, 0.15) is 11.5 Å². The first-order valence-corrected chi connectivity index (χ1v) is 7.01. The minimum absolute atomic E-state index is 0.313. The molecule has 0 fully saturated rings. The van der Waals surface area contributed by atoms with E-state index in [2.05, 4.69) is 10.5 Å². The van der Waals surface area contributed by atoms with Crippen molar-refractivity contribution in [1.82, 2.24) is 5.43 Å². The number of nitrogens with one attached hydrogen (secondary N) is 1. The smallest absolute Gasteiger partial charge is 0.264 e. The van der Waals surface area contributed by atoms with Gasteiger partial charge < -0.3 is 9.47 Å². The Balaban J connectivity index is 1.91. The fourth-order valence-corrected chi connectivity index (χ4v) is 1.86. The van der Waals surface area contributed by atoms with Crippen LogP contribution >= 0.6 is 0 Å². The van der Waals surface area contributed by atoms with Crippen LogP contribution in [0.5, 0.6) is 11.5 Å². The zero-order valence-corrected chi connectivity index (χ0v) is 13.0. The highest BCUT2D eigenvalue weighted by molar-refractivity contribution is 5.92. The Kier molecular flexibility index (Phi) is 5.94. The van der Waals surface area contributed by atoms with Crippen LogP contribution in [-0.2, 0) is 4.79 Å². The number of hydrogen-bond acceptors (Lipinski definition) is 4. The van der Waals surface area contributed by atoms with Crippen LogP contribution in [0.1, 0.15) is 11.1 Å². The molecule has 0 spiro atoms. The van der Waals surface area contributed by atoms with Crippen LogP contribution in [0.15, 0.2) is 59.7 Å². The lowest BCUT2D eigenvalue weighted by Gasteiger charge is -2.02. The Labute approximate surface area is 135 Å². The highest BCUT2D eigenvalue weighted by atomic mass is 16.5. The number of methoxy groups -OCH3 is 2. The van der Waals surface area contributed by atoms with Crippen LogP contribution in [-0.4, -0.2) is 26.3 Å². The third-order valence-corrected chi connectivity index (χ3v) is 3.06. The van der Waals surface area contributed by atoms with E-state index in [9.17, 15) is 4.79 Å². The zero-order valence-electron chi connectivity index (χ0n) is 13.0. The number of rotatable bonds is 6. The molecule has 0 aliphatic heterocycles. The summed E-state index contributed by atoms with van der Waals surface area (Å²) in [6, 6.07) is 14.8. The van der Waals surface area contributed by atoms with Gasteiger partial charge in [-0.15, -0.1) is 0 Å². The van der Waals surface area contributed by atoms with Gasteiger partial charge in [0.15, 0.2) is 0 Å². The normalized spacial score (nSPS) is 10.9. The molecule has 0 saturated heterocycles. The second kappa shape index (κ2) is 8.38. The third-order valence-electron chi connectivity index (χ3n) is 3.06. The summed E-state index contributed by atoms with van der Waals surface area (Å²) in [5.74, 6) is 1.15. The van der Waals surface area contributed by atoms with Crippen LogP contribution < -0.4 is 14.9 Å². The van der Waals surface area contributed by atoms with Crippen LogP contribution in [0, 0.1) is 0 Å². The topological polar surface area (TPSA) is 59.9 Å². The van der Waals surface area contributed by atoms with Crippen molar-refractivity contribution in [3.05, 3.63) is 65.7 Å². The molecule has 0 unspecified atom stereocenters. The van der Waals surface area contributed by atoms with Crippen molar-refractivity contribution >= 4 is 18.2 Å². The summed E-state index contributed by atoms with van der Waals surface area (Å²) in [7, 11) is 3.20. The second-order valence-electron chi connectivity index (χ2n) is 4.58. The molecule has 0 saturated carbocycles. The number of amides is 1. The van der Waals surface area contributed by atoms with Crippen LogP contribution in [0.25, 0.3) is 6.08 Å². The van der Waals surface area contributed by atoms with Gasteiger partial charge in [-0.3, -0.25) is 4.79 Å². The minimum Gasteiger partial charge on any atom is -0.497 e. The molecular weight excluding hydrogens is 292 g/mol. The van der Waals surface area contributed by atoms with Gasteiger partial charge in [-0.05, 0) is 35.9 Å².